The van der Waals surface area contributed by atoms with Gasteiger partial charge in [-0.1, -0.05) is 12.1 Å². The predicted molar refractivity (Wildman–Crippen MR) is 71.4 cm³/mol. The topological polar surface area (TPSA) is 55.8 Å². The third-order valence-electron chi connectivity index (χ3n) is 2.89. The van der Waals surface area contributed by atoms with E-state index in [4.69, 9.17) is 4.74 Å². The molecule has 0 aliphatic rings. The molecule has 0 amide bonds. The molecule has 1 N–H and O–H groups in total. The van der Waals surface area contributed by atoms with Crippen molar-refractivity contribution in [3.05, 3.63) is 47.8 Å². The van der Waals surface area contributed by atoms with Gasteiger partial charge in [0.25, 0.3) is 0 Å². The molecule has 0 aliphatic heterocycles. The van der Waals surface area contributed by atoms with Gasteiger partial charge in [0.1, 0.15) is 5.75 Å². The van der Waals surface area contributed by atoms with Gasteiger partial charge < -0.3 is 14.6 Å². The molecule has 0 heterocycles. The molecule has 0 aliphatic carbocycles. The zero-order valence-corrected chi connectivity index (χ0v) is 11.0. The molecule has 0 unspecified atom stereocenters. The first-order chi connectivity index (χ1) is 9.58. The van der Waals surface area contributed by atoms with Crippen molar-refractivity contribution >= 4 is 5.97 Å². The smallest absolute Gasteiger partial charge is 0.337 e. The number of rotatable bonds is 3. The largest absolute Gasteiger partial charge is 0.507 e. The quantitative estimate of drug-likeness (QED) is 0.876. The van der Waals surface area contributed by atoms with Gasteiger partial charge >= 0.3 is 5.97 Å². The van der Waals surface area contributed by atoms with Gasteiger partial charge in [-0.2, -0.15) is 0 Å². The van der Waals surface area contributed by atoms with Crippen LogP contribution in [-0.2, 0) is 4.74 Å². The molecule has 0 fully saturated rings. The van der Waals surface area contributed by atoms with E-state index in [9.17, 15) is 14.3 Å². The Kier molecular flexibility index (Phi) is 3.89. The monoisotopic (exact) mass is 276 g/mol. The molecule has 0 saturated heterocycles. The van der Waals surface area contributed by atoms with E-state index in [1.54, 1.807) is 6.07 Å². The van der Waals surface area contributed by atoms with Crippen LogP contribution in [-0.4, -0.2) is 25.3 Å². The van der Waals surface area contributed by atoms with Crippen molar-refractivity contribution in [2.45, 2.75) is 0 Å². The minimum Gasteiger partial charge on any atom is -0.507 e. The van der Waals surface area contributed by atoms with Gasteiger partial charge in [-0.15, -0.1) is 0 Å². The lowest BCUT2D eigenvalue weighted by atomic mass is 10.0. The van der Waals surface area contributed by atoms with Gasteiger partial charge in [-0.25, -0.2) is 9.18 Å². The number of esters is 1. The SMILES string of the molecule is COC(=O)c1ccc(-c2cccc(OC)c2F)c(O)c1. The van der Waals surface area contributed by atoms with Crippen LogP contribution < -0.4 is 4.74 Å². The molecule has 104 valence electrons. The highest BCUT2D eigenvalue weighted by atomic mass is 19.1. The molecule has 2 aromatic carbocycles. The molecule has 20 heavy (non-hydrogen) atoms. The lowest BCUT2D eigenvalue weighted by Crippen LogP contribution is -2.01. The van der Waals surface area contributed by atoms with Crippen LogP contribution in [0.1, 0.15) is 10.4 Å². The minimum atomic E-state index is -0.573. The highest BCUT2D eigenvalue weighted by molar-refractivity contribution is 5.91. The van der Waals surface area contributed by atoms with E-state index < -0.39 is 11.8 Å². The number of hydrogen-bond donors (Lipinski definition) is 1. The summed E-state index contributed by atoms with van der Waals surface area (Å²) in [5.74, 6) is -1.27. The van der Waals surface area contributed by atoms with Gasteiger partial charge in [-0.3, -0.25) is 0 Å². The van der Waals surface area contributed by atoms with Crippen LogP contribution in [0.4, 0.5) is 4.39 Å². The Morgan fingerprint density at radius 3 is 2.50 bits per heavy atom. The van der Waals surface area contributed by atoms with E-state index in [1.165, 1.54) is 44.6 Å². The number of phenols is 1. The van der Waals surface area contributed by atoms with Crippen LogP contribution >= 0.6 is 0 Å². The third kappa shape index (κ3) is 2.42. The average molecular weight is 276 g/mol. The lowest BCUT2D eigenvalue weighted by Gasteiger charge is -2.10. The van der Waals surface area contributed by atoms with E-state index in [2.05, 4.69) is 4.74 Å². The number of methoxy groups -OCH3 is 2. The first-order valence-electron chi connectivity index (χ1n) is 5.82. The van der Waals surface area contributed by atoms with E-state index >= 15 is 0 Å². The molecule has 0 aromatic heterocycles. The van der Waals surface area contributed by atoms with Crippen molar-refractivity contribution in [1.82, 2.24) is 0 Å². The first-order valence-corrected chi connectivity index (χ1v) is 5.82. The second-order valence-electron chi connectivity index (χ2n) is 4.05. The number of halogens is 1. The van der Waals surface area contributed by atoms with Gasteiger partial charge in [0.2, 0.25) is 0 Å². The Labute approximate surface area is 115 Å². The van der Waals surface area contributed by atoms with Crippen LogP contribution in [0.25, 0.3) is 11.1 Å². The second kappa shape index (κ2) is 5.61. The van der Waals surface area contributed by atoms with E-state index in [0.717, 1.165) is 0 Å². The molecule has 0 bridgehead atoms. The summed E-state index contributed by atoms with van der Waals surface area (Å²) in [6, 6.07) is 8.77. The lowest BCUT2D eigenvalue weighted by molar-refractivity contribution is 0.0600. The summed E-state index contributed by atoms with van der Waals surface area (Å²) in [6.45, 7) is 0. The zero-order chi connectivity index (χ0) is 14.7. The Balaban J connectivity index is 2.52. The summed E-state index contributed by atoms with van der Waals surface area (Å²) in [5.41, 5.74) is 0.657. The van der Waals surface area contributed by atoms with E-state index in [0.29, 0.717) is 0 Å². The molecule has 0 saturated carbocycles. The van der Waals surface area contributed by atoms with E-state index in [1.807, 2.05) is 0 Å². The summed E-state index contributed by atoms with van der Waals surface area (Å²) >= 11 is 0. The van der Waals surface area contributed by atoms with Crippen LogP contribution in [0.2, 0.25) is 0 Å². The van der Waals surface area contributed by atoms with E-state index in [-0.39, 0.29) is 28.2 Å². The fourth-order valence-electron chi connectivity index (χ4n) is 1.88. The molecule has 0 radical (unpaired) electrons. The summed E-state index contributed by atoms with van der Waals surface area (Å²) in [7, 11) is 2.61. The summed E-state index contributed by atoms with van der Waals surface area (Å²) in [6.07, 6.45) is 0. The Morgan fingerprint density at radius 1 is 1.15 bits per heavy atom. The standard InChI is InChI=1S/C15H13FO4/c1-19-13-5-3-4-11(14(13)16)10-7-6-9(8-12(10)17)15(18)20-2/h3-8,17H,1-2H3. The molecular formula is C15H13FO4. The van der Waals surface area contributed by atoms with Gasteiger partial charge in [0.05, 0.1) is 19.8 Å². The maximum Gasteiger partial charge on any atom is 0.337 e. The molecule has 0 atom stereocenters. The first kappa shape index (κ1) is 13.9. The number of phenolic OH excluding ortho intramolecular Hbond substituents is 1. The molecule has 0 spiro atoms. The maximum absolute atomic E-state index is 14.1. The molecular weight excluding hydrogens is 263 g/mol. The number of benzene rings is 2. The number of carbonyl (C=O) groups excluding carboxylic acids is 1. The maximum atomic E-state index is 14.1. The van der Waals surface area contributed by atoms with Gasteiger partial charge in [-0.05, 0) is 24.3 Å². The van der Waals surface area contributed by atoms with Crippen LogP contribution in [0.5, 0.6) is 11.5 Å². The highest BCUT2D eigenvalue weighted by Gasteiger charge is 2.15. The fraction of sp³-hybridized carbons (Fsp3) is 0.133. The molecule has 5 heteroatoms. The second-order valence-corrected chi connectivity index (χ2v) is 4.05. The van der Waals surface area contributed by atoms with Crippen LogP contribution in [0, 0.1) is 5.82 Å². The summed E-state index contributed by atoms with van der Waals surface area (Å²) < 4.78 is 23.6. The number of ether oxygens (including phenoxy) is 2. The predicted octanol–water partition coefficient (Wildman–Crippen LogP) is 2.99. The van der Waals surface area contributed by atoms with Crippen molar-refractivity contribution in [1.29, 1.82) is 0 Å². The van der Waals surface area contributed by atoms with Crippen molar-refractivity contribution < 1.29 is 23.8 Å². The normalized spacial score (nSPS) is 10.2. The number of hydrogen-bond acceptors (Lipinski definition) is 4. The third-order valence-corrected chi connectivity index (χ3v) is 2.89. The summed E-state index contributed by atoms with van der Waals surface area (Å²) in [5, 5.41) is 9.96. The minimum absolute atomic E-state index is 0.0824. The number of aromatic hydroxyl groups is 1. The van der Waals surface area contributed by atoms with Gasteiger partial charge in [0.15, 0.2) is 11.6 Å². The van der Waals surface area contributed by atoms with Gasteiger partial charge in [0, 0.05) is 11.1 Å². The fourth-order valence-corrected chi connectivity index (χ4v) is 1.88. The Morgan fingerprint density at radius 2 is 1.90 bits per heavy atom. The molecule has 4 nitrogen and oxygen atoms in total. The molecule has 2 aromatic rings. The highest BCUT2D eigenvalue weighted by Crippen LogP contribution is 2.35. The van der Waals surface area contributed by atoms with Crippen LogP contribution in [0.3, 0.4) is 0 Å². The number of carbonyl (C=O) groups is 1. The van der Waals surface area contributed by atoms with Crippen LogP contribution in [0.15, 0.2) is 36.4 Å². The van der Waals surface area contributed by atoms with Crippen molar-refractivity contribution in [3.8, 4) is 22.6 Å². The average Bonchev–Trinajstić information content (AvgIpc) is 2.47. The zero-order valence-electron chi connectivity index (χ0n) is 11.0. The summed E-state index contributed by atoms with van der Waals surface area (Å²) in [4.78, 5) is 11.4. The van der Waals surface area contributed by atoms with Crippen molar-refractivity contribution in [2.75, 3.05) is 14.2 Å². The Hall–Kier alpha value is -2.56. The van der Waals surface area contributed by atoms with Crippen molar-refractivity contribution in [3.63, 3.8) is 0 Å². The van der Waals surface area contributed by atoms with Crippen molar-refractivity contribution in [2.24, 2.45) is 0 Å². The molecule has 2 rings (SSSR count). The Bertz CT molecular complexity index is 652.